The summed E-state index contributed by atoms with van der Waals surface area (Å²) in [5.41, 5.74) is 5.95. The lowest BCUT2D eigenvalue weighted by molar-refractivity contribution is 0.407. The number of anilines is 3. The largest absolute Gasteiger partial charge is 0.357 e. The van der Waals surface area contributed by atoms with Crippen molar-refractivity contribution in [1.29, 1.82) is 0 Å². The molecule has 1 aliphatic carbocycles. The van der Waals surface area contributed by atoms with Crippen LogP contribution in [-0.4, -0.2) is 54.7 Å². The van der Waals surface area contributed by atoms with Gasteiger partial charge in [-0.05, 0) is 47.9 Å². The summed E-state index contributed by atoms with van der Waals surface area (Å²) in [7, 11) is 3.66. The van der Waals surface area contributed by atoms with E-state index in [0.717, 1.165) is 51.3 Å². The Labute approximate surface area is 196 Å². The molecule has 0 spiro atoms. The molecule has 0 bridgehead atoms. The van der Waals surface area contributed by atoms with E-state index >= 15 is 0 Å². The monoisotopic (exact) mass is 443 g/mol. The average molecular weight is 444 g/mol. The van der Waals surface area contributed by atoms with E-state index in [1.54, 1.807) is 0 Å². The first-order valence-electron chi connectivity index (χ1n) is 12.0. The molecule has 2 aliphatic rings. The Kier molecular flexibility index (Phi) is 6.39. The topological polar surface area (TPSA) is 78.0 Å². The highest BCUT2D eigenvalue weighted by molar-refractivity contribution is 5.46. The Morgan fingerprint density at radius 1 is 0.788 bits per heavy atom. The van der Waals surface area contributed by atoms with Crippen LogP contribution in [0.15, 0.2) is 48.5 Å². The fraction of sp³-hybridized carbons (Fsp3) is 0.423. The predicted octanol–water partition coefficient (Wildman–Crippen LogP) is 3.44. The molecule has 0 atom stereocenters. The van der Waals surface area contributed by atoms with Gasteiger partial charge in [0, 0.05) is 45.7 Å². The molecule has 0 saturated carbocycles. The minimum atomic E-state index is 0.401. The molecular formula is C26H33N7. The molecule has 1 saturated heterocycles. The molecule has 0 radical (unpaired) electrons. The van der Waals surface area contributed by atoms with Crippen LogP contribution < -0.4 is 20.9 Å². The van der Waals surface area contributed by atoms with Crippen LogP contribution in [0.4, 0.5) is 17.8 Å². The van der Waals surface area contributed by atoms with Crippen LogP contribution in [0, 0.1) is 0 Å². The summed E-state index contributed by atoms with van der Waals surface area (Å²) in [6.45, 7) is 2.84. The van der Waals surface area contributed by atoms with Gasteiger partial charge in [0.05, 0.1) is 0 Å². The van der Waals surface area contributed by atoms with Gasteiger partial charge in [-0.1, -0.05) is 48.5 Å². The van der Waals surface area contributed by atoms with Crippen molar-refractivity contribution in [2.45, 2.75) is 37.6 Å². The van der Waals surface area contributed by atoms with E-state index in [2.05, 4.69) is 84.3 Å². The van der Waals surface area contributed by atoms with Crippen molar-refractivity contribution >= 4 is 17.8 Å². The molecule has 3 N–H and O–H groups in total. The Bertz CT molecular complexity index is 1020. The van der Waals surface area contributed by atoms with E-state index in [-0.39, 0.29) is 0 Å². The summed E-state index contributed by atoms with van der Waals surface area (Å²) < 4.78 is 0. The summed E-state index contributed by atoms with van der Waals surface area (Å²) in [4.78, 5) is 15.7. The number of rotatable bonds is 6. The number of aryl methyl sites for hydroxylation is 2. The Morgan fingerprint density at radius 2 is 1.33 bits per heavy atom. The number of nitrogens with one attached hydrogen (secondary N) is 3. The molecule has 2 heterocycles. The van der Waals surface area contributed by atoms with Gasteiger partial charge in [0.1, 0.15) is 0 Å². The normalized spacial score (nSPS) is 16.6. The van der Waals surface area contributed by atoms with Crippen LogP contribution in [0.5, 0.6) is 0 Å². The maximum Gasteiger partial charge on any atom is 0.231 e. The standard InChI is InChI=1S/C26H33N7/c1-27-24-30-25(28-2)32-26(31-24)33-15-13-20(14-16-33)29-17-23-21-9-5-3-7-18(21)11-12-19-8-4-6-10-22(19)23/h3-10,20,23,29H,11-17H2,1-2H3,(H2,27,28,30,31,32). The van der Waals surface area contributed by atoms with Crippen LogP contribution >= 0.6 is 0 Å². The Morgan fingerprint density at radius 3 is 1.88 bits per heavy atom. The number of fused-ring (bicyclic) bond motifs is 2. The number of hydrogen-bond donors (Lipinski definition) is 3. The molecule has 33 heavy (non-hydrogen) atoms. The van der Waals surface area contributed by atoms with Gasteiger partial charge in [-0.25, -0.2) is 0 Å². The van der Waals surface area contributed by atoms with E-state index in [1.165, 1.54) is 22.3 Å². The third kappa shape index (κ3) is 4.64. The van der Waals surface area contributed by atoms with Crippen molar-refractivity contribution in [3.63, 3.8) is 0 Å². The second kappa shape index (κ2) is 9.75. The van der Waals surface area contributed by atoms with Crippen molar-refractivity contribution in [3.8, 4) is 0 Å². The molecule has 1 fully saturated rings. The minimum Gasteiger partial charge on any atom is -0.357 e. The number of benzene rings is 2. The zero-order chi connectivity index (χ0) is 22.6. The molecular weight excluding hydrogens is 410 g/mol. The van der Waals surface area contributed by atoms with Crippen LogP contribution in [0.1, 0.15) is 41.0 Å². The van der Waals surface area contributed by atoms with Gasteiger partial charge in [-0.15, -0.1) is 0 Å². The molecule has 5 rings (SSSR count). The van der Waals surface area contributed by atoms with Gasteiger partial charge in [-0.3, -0.25) is 0 Å². The molecule has 0 unspecified atom stereocenters. The highest BCUT2D eigenvalue weighted by Crippen LogP contribution is 2.34. The second-order valence-electron chi connectivity index (χ2n) is 8.90. The molecule has 172 valence electrons. The molecule has 2 aromatic carbocycles. The maximum absolute atomic E-state index is 4.56. The van der Waals surface area contributed by atoms with Crippen LogP contribution in [0.2, 0.25) is 0 Å². The fourth-order valence-electron chi connectivity index (χ4n) is 5.16. The molecule has 3 aromatic rings. The third-order valence-corrected chi connectivity index (χ3v) is 6.98. The minimum absolute atomic E-state index is 0.401. The predicted molar refractivity (Wildman–Crippen MR) is 134 cm³/mol. The molecule has 0 amide bonds. The van der Waals surface area contributed by atoms with Gasteiger partial charge in [0.2, 0.25) is 17.8 Å². The van der Waals surface area contributed by atoms with Crippen molar-refractivity contribution in [2.24, 2.45) is 0 Å². The fourth-order valence-corrected chi connectivity index (χ4v) is 5.16. The number of aromatic nitrogens is 3. The molecule has 1 aromatic heterocycles. The molecule has 7 heteroatoms. The first-order valence-corrected chi connectivity index (χ1v) is 12.0. The summed E-state index contributed by atoms with van der Waals surface area (Å²) >= 11 is 0. The van der Waals surface area contributed by atoms with E-state index in [1.807, 2.05) is 14.1 Å². The van der Waals surface area contributed by atoms with E-state index in [0.29, 0.717) is 23.9 Å². The van der Waals surface area contributed by atoms with Crippen molar-refractivity contribution in [1.82, 2.24) is 20.3 Å². The van der Waals surface area contributed by atoms with Gasteiger partial charge >= 0.3 is 0 Å². The first kappa shape index (κ1) is 21.6. The number of hydrogen-bond acceptors (Lipinski definition) is 7. The van der Waals surface area contributed by atoms with Gasteiger partial charge < -0.3 is 20.9 Å². The van der Waals surface area contributed by atoms with Crippen LogP contribution in [0.25, 0.3) is 0 Å². The first-order chi connectivity index (χ1) is 16.2. The zero-order valence-corrected chi connectivity index (χ0v) is 19.5. The zero-order valence-electron chi connectivity index (χ0n) is 19.5. The van der Waals surface area contributed by atoms with E-state index in [4.69, 9.17) is 0 Å². The lowest BCUT2D eigenvalue weighted by Gasteiger charge is -2.33. The highest BCUT2D eigenvalue weighted by Gasteiger charge is 2.26. The van der Waals surface area contributed by atoms with Gasteiger partial charge in [-0.2, -0.15) is 15.0 Å². The average Bonchev–Trinajstić information content (AvgIpc) is 3.04. The van der Waals surface area contributed by atoms with Crippen molar-refractivity contribution in [3.05, 3.63) is 70.8 Å². The Hall–Kier alpha value is -3.19. The highest BCUT2D eigenvalue weighted by atomic mass is 15.3. The number of piperidine rings is 1. The SMILES string of the molecule is CNc1nc(NC)nc(N2CCC(NCC3c4ccccc4CCc4ccccc43)CC2)n1. The van der Waals surface area contributed by atoms with Crippen molar-refractivity contribution < 1.29 is 0 Å². The van der Waals surface area contributed by atoms with E-state index < -0.39 is 0 Å². The molecule has 1 aliphatic heterocycles. The molecule has 7 nitrogen and oxygen atoms in total. The Balaban J connectivity index is 1.27. The lowest BCUT2D eigenvalue weighted by atomic mass is 9.87. The van der Waals surface area contributed by atoms with Crippen LogP contribution in [0.3, 0.4) is 0 Å². The third-order valence-electron chi connectivity index (χ3n) is 6.98. The smallest absolute Gasteiger partial charge is 0.231 e. The summed E-state index contributed by atoms with van der Waals surface area (Å²) in [6.07, 6.45) is 4.39. The van der Waals surface area contributed by atoms with E-state index in [9.17, 15) is 0 Å². The number of nitrogens with zero attached hydrogens (tertiary/aromatic N) is 4. The van der Waals surface area contributed by atoms with Crippen molar-refractivity contribution in [2.75, 3.05) is 49.3 Å². The second-order valence-corrected chi connectivity index (χ2v) is 8.90. The maximum atomic E-state index is 4.56. The summed E-state index contributed by atoms with van der Waals surface area (Å²) in [6, 6.07) is 18.5. The van der Waals surface area contributed by atoms with Gasteiger partial charge in [0.15, 0.2) is 0 Å². The summed E-state index contributed by atoms with van der Waals surface area (Å²) in [5.74, 6) is 2.33. The summed E-state index contributed by atoms with van der Waals surface area (Å²) in [5, 5.41) is 9.97. The quantitative estimate of drug-likeness (QED) is 0.539. The lowest BCUT2D eigenvalue weighted by Crippen LogP contribution is -2.44. The van der Waals surface area contributed by atoms with Crippen LogP contribution in [-0.2, 0) is 12.8 Å². The van der Waals surface area contributed by atoms with Gasteiger partial charge in [0.25, 0.3) is 0 Å².